The summed E-state index contributed by atoms with van der Waals surface area (Å²) in [7, 11) is 0. The Labute approximate surface area is 171 Å². The van der Waals surface area contributed by atoms with E-state index in [0.717, 1.165) is 68.5 Å². The highest BCUT2D eigenvalue weighted by atomic mass is 32.1. The summed E-state index contributed by atoms with van der Waals surface area (Å²) in [4.78, 5) is 21.9. The number of hydrogen-bond acceptors (Lipinski definition) is 5. The number of piperidine rings is 1. The number of nitrogens with zero attached hydrogens (tertiary/aromatic N) is 3. The summed E-state index contributed by atoms with van der Waals surface area (Å²) in [5.74, 6) is 0.213. The van der Waals surface area contributed by atoms with E-state index in [1.807, 2.05) is 10.3 Å². The molecule has 0 spiro atoms. The van der Waals surface area contributed by atoms with Gasteiger partial charge in [0.15, 0.2) is 0 Å². The molecule has 5 nitrogen and oxygen atoms in total. The first-order valence-corrected chi connectivity index (χ1v) is 11.2. The van der Waals surface area contributed by atoms with Crippen molar-refractivity contribution < 1.29 is 9.53 Å². The number of carbonyl (C=O) groups is 1. The summed E-state index contributed by atoms with van der Waals surface area (Å²) in [5.41, 5.74) is 3.33. The minimum absolute atomic E-state index is 0.213. The summed E-state index contributed by atoms with van der Waals surface area (Å²) < 4.78 is 5.43. The Bertz CT molecular complexity index is 801. The van der Waals surface area contributed by atoms with Gasteiger partial charge in [0.25, 0.3) is 0 Å². The molecule has 2 fully saturated rings. The third-order valence-corrected chi connectivity index (χ3v) is 6.63. The van der Waals surface area contributed by atoms with Crippen LogP contribution < -0.4 is 0 Å². The molecule has 0 N–H and O–H groups in total. The van der Waals surface area contributed by atoms with E-state index in [0.29, 0.717) is 12.5 Å². The number of carbonyl (C=O) groups excluding carboxylic acids is 1. The summed E-state index contributed by atoms with van der Waals surface area (Å²) >= 11 is 1.63. The maximum atomic E-state index is 12.7. The largest absolute Gasteiger partial charge is 0.379 e. The Balaban J connectivity index is 1.41. The molecular weight excluding hydrogens is 370 g/mol. The lowest BCUT2D eigenvalue weighted by Gasteiger charge is -2.33. The minimum atomic E-state index is 0.213. The van der Waals surface area contributed by atoms with Crippen LogP contribution in [0.3, 0.4) is 0 Å². The molecule has 0 aliphatic carbocycles. The standard InChI is InChI=1S/C22H29N3O2S/c1-17-5-2-3-8-25(17)21(26)14-20-16-28-22(23-20)19-7-4-6-18(13-19)15-24-9-11-27-12-10-24/h4,6-7,13,16-17H,2-3,5,8-12,14-15H2,1H3. The third-order valence-electron chi connectivity index (χ3n) is 5.69. The van der Waals surface area contributed by atoms with E-state index >= 15 is 0 Å². The number of ether oxygens (including phenoxy) is 1. The molecule has 4 rings (SSSR count). The molecule has 1 aromatic carbocycles. The zero-order chi connectivity index (χ0) is 19.3. The molecule has 2 aliphatic heterocycles. The smallest absolute Gasteiger partial charge is 0.228 e. The van der Waals surface area contributed by atoms with Gasteiger partial charge in [0.05, 0.1) is 25.3 Å². The lowest BCUT2D eigenvalue weighted by molar-refractivity contribution is -0.133. The summed E-state index contributed by atoms with van der Waals surface area (Å²) in [6.07, 6.45) is 3.87. The normalized spacial score (nSPS) is 21.0. The Morgan fingerprint density at radius 2 is 2.11 bits per heavy atom. The van der Waals surface area contributed by atoms with Crippen LogP contribution in [0.5, 0.6) is 0 Å². The van der Waals surface area contributed by atoms with Crippen molar-refractivity contribution in [2.45, 2.75) is 45.2 Å². The second-order valence-electron chi connectivity index (χ2n) is 7.84. The summed E-state index contributed by atoms with van der Waals surface area (Å²) in [6, 6.07) is 8.98. The van der Waals surface area contributed by atoms with Gasteiger partial charge in [-0.3, -0.25) is 9.69 Å². The molecule has 2 aromatic rings. The fourth-order valence-corrected chi connectivity index (χ4v) is 4.88. The Hall–Kier alpha value is -1.76. The second kappa shape index (κ2) is 9.16. The van der Waals surface area contributed by atoms with Crippen LogP contribution in [0.4, 0.5) is 0 Å². The lowest BCUT2D eigenvalue weighted by Crippen LogP contribution is -2.42. The van der Waals surface area contributed by atoms with Gasteiger partial charge in [-0.2, -0.15) is 0 Å². The van der Waals surface area contributed by atoms with Crippen LogP contribution in [-0.4, -0.2) is 59.6 Å². The maximum Gasteiger partial charge on any atom is 0.228 e. The zero-order valence-corrected chi connectivity index (χ0v) is 17.4. The molecular formula is C22H29N3O2S. The van der Waals surface area contributed by atoms with E-state index in [4.69, 9.17) is 9.72 Å². The predicted octanol–water partition coefficient (Wildman–Crippen LogP) is 3.59. The molecule has 6 heteroatoms. The molecule has 1 aromatic heterocycles. The first-order chi connectivity index (χ1) is 13.7. The van der Waals surface area contributed by atoms with Gasteiger partial charge in [-0.25, -0.2) is 4.98 Å². The molecule has 1 atom stereocenters. The van der Waals surface area contributed by atoms with E-state index in [2.05, 4.69) is 36.1 Å². The number of hydrogen-bond donors (Lipinski definition) is 0. The number of aromatic nitrogens is 1. The highest BCUT2D eigenvalue weighted by Crippen LogP contribution is 2.26. The van der Waals surface area contributed by atoms with Crippen molar-refractivity contribution in [2.75, 3.05) is 32.8 Å². The molecule has 1 amide bonds. The first kappa shape index (κ1) is 19.6. The number of thiazole rings is 1. The maximum absolute atomic E-state index is 12.7. The molecule has 0 radical (unpaired) electrons. The van der Waals surface area contributed by atoms with Crippen LogP contribution >= 0.6 is 11.3 Å². The minimum Gasteiger partial charge on any atom is -0.379 e. The Kier molecular flexibility index (Phi) is 6.40. The molecule has 1 unspecified atom stereocenters. The third kappa shape index (κ3) is 4.80. The fraction of sp³-hybridized carbons (Fsp3) is 0.545. The predicted molar refractivity (Wildman–Crippen MR) is 112 cm³/mol. The van der Waals surface area contributed by atoms with Gasteiger partial charge in [0.2, 0.25) is 5.91 Å². The topological polar surface area (TPSA) is 45.7 Å². The second-order valence-corrected chi connectivity index (χ2v) is 8.70. The average molecular weight is 400 g/mol. The van der Waals surface area contributed by atoms with Crippen LogP contribution in [0, 0.1) is 0 Å². The molecule has 3 heterocycles. The van der Waals surface area contributed by atoms with Crippen LogP contribution in [-0.2, 0) is 22.5 Å². The van der Waals surface area contributed by atoms with Crippen molar-refractivity contribution in [3.63, 3.8) is 0 Å². The molecule has 150 valence electrons. The summed E-state index contributed by atoms with van der Waals surface area (Å²) in [5, 5.41) is 3.04. The zero-order valence-electron chi connectivity index (χ0n) is 16.6. The first-order valence-electron chi connectivity index (χ1n) is 10.3. The van der Waals surface area contributed by atoms with Crippen molar-refractivity contribution in [1.29, 1.82) is 0 Å². The lowest BCUT2D eigenvalue weighted by atomic mass is 10.0. The molecule has 0 bridgehead atoms. The molecule has 28 heavy (non-hydrogen) atoms. The van der Waals surface area contributed by atoms with E-state index < -0.39 is 0 Å². The Morgan fingerprint density at radius 3 is 2.93 bits per heavy atom. The number of morpholine rings is 1. The fourth-order valence-electron chi connectivity index (χ4n) is 4.07. The molecule has 2 saturated heterocycles. The SMILES string of the molecule is CC1CCCCN1C(=O)Cc1csc(-c2cccc(CN3CCOCC3)c2)n1. The number of benzene rings is 1. The van der Waals surface area contributed by atoms with E-state index in [-0.39, 0.29) is 5.91 Å². The van der Waals surface area contributed by atoms with Crippen LogP contribution in [0.15, 0.2) is 29.6 Å². The van der Waals surface area contributed by atoms with E-state index in [1.54, 1.807) is 11.3 Å². The quantitative estimate of drug-likeness (QED) is 0.771. The number of amides is 1. The van der Waals surface area contributed by atoms with Gasteiger partial charge in [-0.05, 0) is 37.8 Å². The molecule has 2 aliphatic rings. The highest BCUT2D eigenvalue weighted by molar-refractivity contribution is 7.13. The van der Waals surface area contributed by atoms with Gasteiger partial charge < -0.3 is 9.64 Å². The van der Waals surface area contributed by atoms with Crippen molar-refractivity contribution in [2.24, 2.45) is 0 Å². The van der Waals surface area contributed by atoms with Crippen molar-refractivity contribution in [3.05, 3.63) is 40.9 Å². The number of likely N-dealkylation sites (tertiary alicyclic amines) is 1. The van der Waals surface area contributed by atoms with Crippen molar-refractivity contribution >= 4 is 17.2 Å². The van der Waals surface area contributed by atoms with E-state index in [1.165, 1.54) is 12.0 Å². The van der Waals surface area contributed by atoms with Gasteiger partial charge in [0, 0.05) is 43.2 Å². The van der Waals surface area contributed by atoms with E-state index in [9.17, 15) is 4.79 Å². The summed E-state index contributed by atoms with van der Waals surface area (Å²) in [6.45, 7) is 7.61. The van der Waals surface area contributed by atoms with Crippen molar-refractivity contribution in [1.82, 2.24) is 14.8 Å². The monoisotopic (exact) mass is 399 g/mol. The Morgan fingerprint density at radius 1 is 1.25 bits per heavy atom. The van der Waals surface area contributed by atoms with Gasteiger partial charge in [-0.1, -0.05) is 18.2 Å². The van der Waals surface area contributed by atoms with Crippen LogP contribution in [0.2, 0.25) is 0 Å². The van der Waals surface area contributed by atoms with Crippen molar-refractivity contribution in [3.8, 4) is 10.6 Å². The van der Waals surface area contributed by atoms with Gasteiger partial charge in [0.1, 0.15) is 5.01 Å². The van der Waals surface area contributed by atoms with Gasteiger partial charge >= 0.3 is 0 Å². The van der Waals surface area contributed by atoms with Crippen LogP contribution in [0.25, 0.3) is 10.6 Å². The average Bonchev–Trinajstić information content (AvgIpc) is 3.18. The molecule has 0 saturated carbocycles. The highest BCUT2D eigenvalue weighted by Gasteiger charge is 2.23. The van der Waals surface area contributed by atoms with Crippen LogP contribution in [0.1, 0.15) is 37.4 Å². The number of rotatable bonds is 5. The van der Waals surface area contributed by atoms with Gasteiger partial charge in [-0.15, -0.1) is 11.3 Å².